The Morgan fingerprint density at radius 2 is 1.68 bits per heavy atom. The highest BCUT2D eigenvalue weighted by Crippen LogP contribution is 2.28. The van der Waals surface area contributed by atoms with Crippen molar-refractivity contribution in [2.75, 3.05) is 7.11 Å². The van der Waals surface area contributed by atoms with E-state index in [4.69, 9.17) is 16.3 Å². The summed E-state index contributed by atoms with van der Waals surface area (Å²) in [6, 6.07) is 14.3. The van der Waals surface area contributed by atoms with E-state index in [2.05, 4.69) is 15.9 Å². The molecule has 0 saturated carbocycles. The van der Waals surface area contributed by atoms with Gasteiger partial charge in [0, 0.05) is 10.6 Å². The predicted molar refractivity (Wildman–Crippen MR) is 80.4 cm³/mol. The van der Waals surface area contributed by atoms with Crippen molar-refractivity contribution in [1.82, 2.24) is 0 Å². The fourth-order valence-electron chi connectivity index (χ4n) is 1.68. The van der Waals surface area contributed by atoms with Gasteiger partial charge in [-0.3, -0.25) is 4.79 Å². The minimum atomic E-state index is -0.375. The average Bonchev–Trinajstić information content (AvgIpc) is 2.46. The third-order valence-corrected chi connectivity index (χ3v) is 3.96. The van der Waals surface area contributed by atoms with Crippen molar-refractivity contribution in [3.8, 4) is 5.75 Å². The van der Waals surface area contributed by atoms with E-state index in [9.17, 15) is 4.79 Å². The molecule has 2 nitrogen and oxygen atoms in total. The van der Waals surface area contributed by atoms with E-state index in [0.29, 0.717) is 10.6 Å². The second-order valence-corrected chi connectivity index (χ2v) is 5.36. The van der Waals surface area contributed by atoms with Crippen LogP contribution in [0.5, 0.6) is 5.75 Å². The number of hydrogen-bond donors (Lipinski definition) is 0. The number of alkyl halides is 1. The van der Waals surface area contributed by atoms with Crippen molar-refractivity contribution in [1.29, 1.82) is 0 Å². The van der Waals surface area contributed by atoms with Crippen molar-refractivity contribution >= 4 is 33.3 Å². The van der Waals surface area contributed by atoms with Crippen LogP contribution in [0.3, 0.4) is 0 Å². The van der Waals surface area contributed by atoms with Crippen LogP contribution in [-0.4, -0.2) is 12.9 Å². The zero-order valence-electron chi connectivity index (χ0n) is 10.3. The second-order valence-electron chi connectivity index (χ2n) is 4.01. The van der Waals surface area contributed by atoms with Crippen LogP contribution < -0.4 is 4.74 Å². The predicted octanol–water partition coefficient (Wildman–Crippen LogP) is 4.67. The van der Waals surface area contributed by atoms with Gasteiger partial charge >= 0.3 is 0 Å². The van der Waals surface area contributed by atoms with Crippen LogP contribution in [0.25, 0.3) is 0 Å². The van der Waals surface area contributed by atoms with Gasteiger partial charge in [0.2, 0.25) is 0 Å². The largest absolute Gasteiger partial charge is 0.497 e. The van der Waals surface area contributed by atoms with Crippen molar-refractivity contribution < 1.29 is 9.53 Å². The molecule has 19 heavy (non-hydrogen) atoms. The zero-order valence-corrected chi connectivity index (χ0v) is 12.6. The molecule has 98 valence electrons. The monoisotopic (exact) mass is 338 g/mol. The lowest BCUT2D eigenvalue weighted by molar-refractivity contribution is 0.0991. The molecular weight excluding hydrogens is 328 g/mol. The van der Waals surface area contributed by atoms with E-state index in [1.807, 2.05) is 24.3 Å². The summed E-state index contributed by atoms with van der Waals surface area (Å²) < 4.78 is 5.09. The summed E-state index contributed by atoms with van der Waals surface area (Å²) in [5, 5.41) is 0.618. The highest BCUT2D eigenvalue weighted by Gasteiger charge is 2.18. The van der Waals surface area contributed by atoms with Crippen LogP contribution in [0.1, 0.15) is 20.7 Å². The van der Waals surface area contributed by atoms with Crippen LogP contribution in [0.4, 0.5) is 0 Å². The van der Waals surface area contributed by atoms with Gasteiger partial charge < -0.3 is 4.74 Å². The summed E-state index contributed by atoms with van der Waals surface area (Å²) in [6.45, 7) is 0. The van der Waals surface area contributed by atoms with Gasteiger partial charge in [-0.05, 0) is 42.0 Å². The standard InChI is InChI=1S/C15H12BrClO2/c1-19-13-8-4-10(5-9-13)14(16)15(18)11-2-6-12(17)7-3-11/h2-9,14H,1H3. The zero-order chi connectivity index (χ0) is 13.8. The first-order valence-corrected chi connectivity index (χ1v) is 6.99. The quantitative estimate of drug-likeness (QED) is 0.598. The Hall–Kier alpha value is -1.32. The Balaban J connectivity index is 2.20. The summed E-state index contributed by atoms with van der Waals surface area (Å²) in [5.74, 6) is 0.768. The normalized spacial score (nSPS) is 11.9. The molecule has 0 N–H and O–H groups in total. The number of hydrogen-bond acceptors (Lipinski definition) is 2. The van der Waals surface area contributed by atoms with E-state index in [0.717, 1.165) is 11.3 Å². The Bertz CT molecular complexity index is 564. The maximum absolute atomic E-state index is 12.3. The number of ether oxygens (including phenoxy) is 1. The van der Waals surface area contributed by atoms with Gasteiger partial charge in [0.05, 0.1) is 7.11 Å². The van der Waals surface area contributed by atoms with E-state index < -0.39 is 0 Å². The molecule has 0 spiro atoms. The Morgan fingerprint density at radius 3 is 2.21 bits per heavy atom. The summed E-state index contributed by atoms with van der Waals surface area (Å²) >= 11 is 9.24. The molecular formula is C15H12BrClO2. The molecule has 1 unspecified atom stereocenters. The third kappa shape index (κ3) is 3.37. The first kappa shape index (κ1) is 14.1. The first-order valence-electron chi connectivity index (χ1n) is 5.69. The number of ketones is 1. The number of carbonyl (C=O) groups excluding carboxylic acids is 1. The number of Topliss-reactive ketones (excluding diaryl/α,β-unsaturated/α-hetero) is 1. The van der Waals surface area contributed by atoms with Gasteiger partial charge in [-0.2, -0.15) is 0 Å². The molecule has 2 aromatic carbocycles. The second kappa shape index (κ2) is 6.22. The number of carbonyl (C=O) groups is 1. The van der Waals surface area contributed by atoms with Gasteiger partial charge in [0.15, 0.2) is 5.78 Å². The van der Waals surface area contributed by atoms with Crippen LogP contribution in [-0.2, 0) is 0 Å². The fourth-order valence-corrected chi connectivity index (χ4v) is 2.38. The summed E-state index contributed by atoms with van der Waals surface area (Å²) in [4.78, 5) is 11.9. The molecule has 0 fully saturated rings. The molecule has 2 aromatic rings. The van der Waals surface area contributed by atoms with Crippen LogP contribution in [0.15, 0.2) is 48.5 Å². The maximum Gasteiger partial charge on any atom is 0.180 e. The number of rotatable bonds is 4. The molecule has 0 radical (unpaired) electrons. The Labute approximate surface area is 125 Å². The molecule has 0 saturated heterocycles. The molecule has 0 aliphatic carbocycles. The van der Waals surface area contributed by atoms with Crippen molar-refractivity contribution in [3.05, 3.63) is 64.7 Å². The molecule has 4 heteroatoms. The van der Waals surface area contributed by atoms with Crippen molar-refractivity contribution in [3.63, 3.8) is 0 Å². The number of halogens is 2. The average molecular weight is 340 g/mol. The van der Waals surface area contributed by atoms with Crippen LogP contribution >= 0.6 is 27.5 Å². The molecule has 0 heterocycles. The van der Waals surface area contributed by atoms with Gasteiger partial charge in [0.1, 0.15) is 10.6 Å². The first-order chi connectivity index (χ1) is 9.11. The summed E-state index contributed by atoms with van der Waals surface area (Å²) in [6.07, 6.45) is 0. The lowest BCUT2D eigenvalue weighted by atomic mass is 10.0. The molecule has 2 rings (SSSR count). The maximum atomic E-state index is 12.3. The number of methoxy groups -OCH3 is 1. The highest BCUT2D eigenvalue weighted by molar-refractivity contribution is 9.09. The SMILES string of the molecule is COc1ccc(C(Br)C(=O)c2ccc(Cl)cc2)cc1. The minimum Gasteiger partial charge on any atom is -0.497 e. The summed E-state index contributed by atoms with van der Waals surface area (Å²) in [7, 11) is 1.61. The fraction of sp³-hybridized carbons (Fsp3) is 0.133. The van der Waals surface area contributed by atoms with Gasteiger partial charge in [-0.25, -0.2) is 0 Å². The molecule has 0 bridgehead atoms. The van der Waals surface area contributed by atoms with Gasteiger partial charge in [-0.15, -0.1) is 0 Å². The molecule has 0 aliphatic rings. The molecule has 0 amide bonds. The van der Waals surface area contributed by atoms with Gasteiger partial charge in [0.25, 0.3) is 0 Å². The topological polar surface area (TPSA) is 26.3 Å². The Kier molecular flexibility index (Phi) is 4.61. The van der Waals surface area contributed by atoms with Crippen LogP contribution in [0.2, 0.25) is 5.02 Å². The van der Waals surface area contributed by atoms with Crippen molar-refractivity contribution in [2.24, 2.45) is 0 Å². The summed E-state index contributed by atoms with van der Waals surface area (Å²) in [5.41, 5.74) is 1.52. The highest BCUT2D eigenvalue weighted by atomic mass is 79.9. The lowest BCUT2D eigenvalue weighted by Gasteiger charge is -2.10. The molecule has 0 aromatic heterocycles. The van der Waals surface area contributed by atoms with E-state index in [1.165, 1.54) is 0 Å². The third-order valence-electron chi connectivity index (χ3n) is 2.77. The minimum absolute atomic E-state index is 0.00170. The number of benzene rings is 2. The van der Waals surface area contributed by atoms with Gasteiger partial charge in [-0.1, -0.05) is 39.7 Å². The Morgan fingerprint density at radius 1 is 1.11 bits per heavy atom. The lowest BCUT2D eigenvalue weighted by Crippen LogP contribution is -2.06. The van der Waals surface area contributed by atoms with E-state index >= 15 is 0 Å². The van der Waals surface area contributed by atoms with E-state index in [-0.39, 0.29) is 10.6 Å². The smallest absolute Gasteiger partial charge is 0.180 e. The van der Waals surface area contributed by atoms with Crippen molar-refractivity contribution in [2.45, 2.75) is 4.83 Å². The molecule has 1 atom stereocenters. The van der Waals surface area contributed by atoms with E-state index in [1.54, 1.807) is 31.4 Å². The molecule has 0 aliphatic heterocycles. The van der Waals surface area contributed by atoms with Crippen LogP contribution in [0, 0.1) is 0 Å².